The Balaban J connectivity index is 1.71. The number of fused-ring (bicyclic) bond motifs is 1. The van der Waals surface area contributed by atoms with Crippen LogP contribution in [0.25, 0.3) is 10.8 Å². The van der Waals surface area contributed by atoms with Gasteiger partial charge in [-0.25, -0.2) is 0 Å². The minimum atomic E-state index is -0.282. The molecule has 0 bridgehead atoms. The van der Waals surface area contributed by atoms with E-state index in [9.17, 15) is 9.90 Å². The lowest BCUT2D eigenvalue weighted by atomic mass is 10.1. The van der Waals surface area contributed by atoms with E-state index in [2.05, 4.69) is 5.32 Å². The lowest BCUT2D eigenvalue weighted by Gasteiger charge is -2.10. The molecule has 0 aliphatic carbocycles. The molecule has 116 valence electrons. The van der Waals surface area contributed by atoms with Crippen LogP contribution in [0.5, 0.6) is 11.5 Å². The molecule has 0 aromatic heterocycles. The SMILES string of the molecule is O=C(COc1ccc(Cl)cc1)Nc1cccc2c(O)cccc12. The van der Waals surface area contributed by atoms with Gasteiger partial charge in [0, 0.05) is 21.5 Å². The highest BCUT2D eigenvalue weighted by atomic mass is 35.5. The number of phenolic OH excluding ortho intramolecular Hbond substituents is 1. The third kappa shape index (κ3) is 3.55. The van der Waals surface area contributed by atoms with Crippen molar-refractivity contribution in [2.24, 2.45) is 0 Å². The molecule has 0 unspecified atom stereocenters. The van der Waals surface area contributed by atoms with Gasteiger partial charge in [-0.2, -0.15) is 0 Å². The molecule has 0 fully saturated rings. The Bertz CT molecular complexity index is 847. The van der Waals surface area contributed by atoms with Crippen LogP contribution < -0.4 is 10.1 Å². The molecule has 0 aliphatic rings. The van der Waals surface area contributed by atoms with Crippen LogP contribution in [0.4, 0.5) is 5.69 Å². The number of halogens is 1. The molecule has 3 rings (SSSR count). The minimum Gasteiger partial charge on any atom is -0.507 e. The van der Waals surface area contributed by atoms with E-state index in [1.807, 2.05) is 6.07 Å². The predicted molar refractivity (Wildman–Crippen MR) is 91.2 cm³/mol. The van der Waals surface area contributed by atoms with Crippen LogP contribution in [0, 0.1) is 0 Å². The smallest absolute Gasteiger partial charge is 0.262 e. The molecule has 1 amide bonds. The molecule has 0 atom stereocenters. The Labute approximate surface area is 138 Å². The van der Waals surface area contributed by atoms with E-state index in [1.165, 1.54) is 0 Å². The number of carbonyl (C=O) groups excluding carboxylic acids is 1. The van der Waals surface area contributed by atoms with Crippen LogP contribution in [0.2, 0.25) is 5.02 Å². The summed E-state index contributed by atoms with van der Waals surface area (Å²) < 4.78 is 5.41. The molecule has 3 aromatic carbocycles. The number of ether oxygens (including phenoxy) is 1. The van der Waals surface area contributed by atoms with Crippen molar-refractivity contribution in [1.29, 1.82) is 0 Å². The summed E-state index contributed by atoms with van der Waals surface area (Å²) in [5.41, 5.74) is 0.628. The van der Waals surface area contributed by atoms with Crippen molar-refractivity contribution in [1.82, 2.24) is 0 Å². The Morgan fingerprint density at radius 3 is 2.48 bits per heavy atom. The van der Waals surface area contributed by atoms with Crippen molar-refractivity contribution >= 4 is 34.0 Å². The van der Waals surface area contributed by atoms with Crippen LogP contribution in [0.15, 0.2) is 60.7 Å². The predicted octanol–water partition coefficient (Wildman–Crippen LogP) is 4.22. The lowest BCUT2D eigenvalue weighted by Crippen LogP contribution is -2.20. The van der Waals surface area contributed by atoms with E-state index in [1.54, 1.807) is 54.6 Å². The van der Waals surface area contributed by atoms with E-state index in [0.717, 1.165) is 5.39 Å². The fourth-order valence-corrected chi connectivity index (χ4v) is 2.39. The van der Waals surface area contributed by atoms with Crippen molar-refractivity contribution in [2.75, 3.05) is 11.9 Å². The normalized spacial score (nSPS) is 10.5. The van der Waals surface area contributed by atoms with Crippen molar-refractivity contribution < 1.29 is 14.6 Å². The maximum Gasteiger partial charge on any atom is 0.262 e. The molecule has 4 nitrogen and oxygen atoms in total. The second-order valence-corrected chi connectivity index (χ2v) is 5.41. The Morgan fingerprint density at radius 1 is 1.00 bits per heavy atom. The molecular weight excluding hydrogens is 314 g/mol. The molecule has 23 heavy (non-hydrogen) atoms. The van der Waals surface area contributed by atoms with E-state index < -0.39 is 0 Å². The van der Waals surface area contributed by atoms with Gasteiger partial charge in [0.25, 0.3) is 5.91 Å². The first-order valence-corrected chi connectivity index (χ1v) is 7.40. The molecule has 2 N–H and O–H groups in total. The fraction of sp³-hybridized carbons (Fsp3) is 0.0556. The number of benzene rings is 3. The summed E-state index contributed by atoms with van der Waals surface area (Å²) in [5.74, 6) is 0.465. The standard InChI is InChI=1S/C18H14ClNO3/c19-12-7-9-13(10-8-12)23-11-18(22)20-16-5-1-4-15-14(16)3-2-6-17(15)21/h1-10,21H,11H2,(H,20,22). The monoisotopic (exact) mass is 327 g/mol. The van der Waals surface area contributed by atoms with Gasteiger partial charge in [-0.15, -0.1) is 0 Å². The van der Waals surface area contributed by atoms with Crippen LogP contribution in [-0.2, 0) is 4.79 Å². The number of nitrogens with one attached hydrogen (secondary N) is 1. The van der Waals surface area contributed by atoms with Gasteiger partial charge in [0.1, 0.15) is 11.5 Å². The second kappa shape index (κ2) is 6.58. The maximum atomic E-state index is 12.1. The summed E-state index contributed by atoms with van der Waals surface area (Å²) in [6.45, 7) is -0.114. The van der Waals surface area contributed by atoms with Crippen molar-refractivity contribution in [3.63, 3.8) is 0 Å². The van der Waals surface area contributed by atoms with Crippen molar-refractivity contribution in [3.05, 3.63) is 65.7 Å². The quantitative estimate of drug-likeness (QED) is 0.754. The summed E-state index contributed by atoms with van der Waals surface area (Å²) in [6.07, 6.45) is 0. The van der Waals surface area contributed by atoms with Crippen LogP contribution in [0.3, 0.4) is 0 Å². The van der Waals surface area contributed by atoms with E-state index in [0.29, 0.717) is 21.8 Å². The van der Waals surface area contributed by atoms with E-state index in [-0.39, 0.29) is 18.3 Å². The molecule has 0 radical (unpaired) electrons. The highest BCUT2D eigenvalue weighted by Gasteiger charge is 2.08. The zero-order chi connectivity index (χ0) is 16.2. The third-order valence-electron chi connectivity index (χ3n) is 3.36. The van der Waals surface area contributed by atoms with Crippen molar-refractivity contribution in [2.45, 2.75) is 0 Å². The zero-order valence-corrected chi connectivity index (χ0v) is 12.9. The van der Waals surface area contributed by atoms with Crippen LogP contribution in [0.1, 0.15) is 0 Å². The number of hydrogen-bond donors (Lipinski definition) is 2. The minimum absolute atomic E-state index is 0.114. The molecular formula is C18H14ClNO3. The molecule has 0 saturated carbocycles. The Morgan fingerprint density at radius 2 is 1.70 bits per heavy atom. The van der Waals surface area contributed by atoms with Gasteiger partial charge in [0.05, 0.1) is 0 Å². The van der Waals surface area contributed by atoms with Crippen LogP contribution >= 0.6 is 11.6 Å². The highest BCUT2D eigenvalue weighted by Crippen LogP contribution is 2.29. The van der Waals surface area contributed by atoms with E-state index in [4.69, 9.17) is 16.3 Å². The number of rotatable bonds is 4. The lowest BCUT2D eigenvalue weighted by molar-refractivity contribution is -0.118. The third-order valence-corrected chi connectivity index (χ3v) is 3.61. The average Bonchev–Trinajstić information content (AvgIpc) is 2.55. The topological polar surface area (TPSA) is 58.6 Å². The maximum absolute atomic E-state index is 12.1. The summed E-state index contributed by atoms with van der Waals surface area (Å²) in [5, 5.41) is 14.7. The first-order valence-electron chi connectivity index (χ1n) is 7.02. The van der Waals surface area contributed by atoms with Gasteiger partial charge in [-0.05, 0) is 36.4 Å². The first kappa shape index (κ1) is 15.2. The zero-order valence-electron chi connectivity index (χ0n) is 12.1. The average molecular weight is 328 g/mol. The van der Waals surface area contributed by atoms with Gasteiger partial charge >= 0.3 is 0 Å². The second-order valence-electron chi connectivity index (χ2n) is 4.97. The summed E-state index contributed by atoms with van der Waals surface area (Å²) in [7, 11) is 0. The highest BCUT2D eigenvalue weighted by molar-refractivity contribution is 6.30. The Hall–Kier alpha value is -2.72. The van der Waals surface area contributed by atoms with Gasteiger partial charge < -0.3 is 15.2 Å². The largest absolute Gasteiger partial charge is 0.507 e. The van der Waals surface area contributed by atoms with Gasteiger partial charge in [0.15, 0.2) is 6.61 Å². The van der Waals surface area contributed by atoms with Crippen LogP contribution in [-0.4, -0.2) is 17.6 Å². The number of anilines is 1. The summed E-state index contributed by atoms with van der Waals surface area (Å²) in [6, 6.07) is 17.3. The van der Waals surface area contributed by atoms with E-state index >= 15 is 0 Å². The molecule has 0 saturated heterocycles. The fourth-order valence-electron chi connectivity index (χ4n) is 2.27. The first-order chi connectivity index (χ1) is 11.1. The number of amides is 1. The number of hydrogen-bond acceptors (Lipinski definition) is 3. The summed E-state index contributed by atoms with van der Waals surface area (Å²) >= 11 is 5.79. The number of aromatic hydroxyl groups is 1. The van der Waals surface area contributed by atoms with Gasteiger partial charge in [-0.1, -0.05) is 35.9 Å². The molecule has 0 aliphatic heterocycles. The molecule has 0 heterocycles. The molecule has 0 spiro atoms. The van der Waals surface area contributed by atoms with Gasteiger partial charge in [0.2, 0.25) is 0 Å². The molecule has 5 heteroatoms. The molecule has 3 aromatic rings. The van der Waals surface area contributed by atoms with Crippen molar-refractivity contribution in [3.8, 4) is 11.5 Å². The summed E-state index contributed by atoms with van der Waals surface area (Å²) in [4.78, 5) is 12.1. The van der Waals surface area contributed by atoms with Gasteiger partial charge in [-0.3, -0.25) is 4.79 Å². The number of carbonyl (C=O) groups is 1. The Kier molecular flexibility index (Phi) is 4.35. The number of phenols is 1.